The Kier molecular flexibility index (Phi) is 5.85. The minimum Gasteiger partial charge on any atom is -0.491 e. The van der Waals surface area contributed by atoms with Crippen LogP contribution in [0.5, 0.6) is 5.75 Å². The van der Waals surface area contributed by atoms with Gasteiger partial charge in [-0.15, -0.1) is 11.3 Å². The zero-order valence-electron chi connectivity index (χ0n) is 14.0. The molecule has 0 radical (unpaired) electrons. The Bertz CT molecular complexity index is 791. The number of nitrogens with zero attached hydrogens (tertiary/aromatic N) is 1. The van der Waals surface area contributed by atoms with Gasteiger partial charge in [-0.1, -0.05) is 18.2 Å². The van der Waals surface area contributed by atoms with Gasteiger partial charge in [0.15, 0.2) is 6.61 Å². The molecule has 0 saturated heterocycles. The SMILES string of the molecule is O=C(COC(=O)CN1C(=O)CCOc2ccccc21)NCc1cccs1. The lowest BCUT2D eigenvalue weighted by Gasteiger charge is -2.20. The Balaban J connectivity index is 1.52. The number of thiophene rings is 1. The van der Waals surface area contributed by atoms with Crippen molar-refractivity contribution in [3.8, 4) is 5.75 Å². The predicted octanol–water partition coefficient (Wildman–Crippen LogP) is 1.72. The van der Waals surface area contributed by atoms with Gasteiger partial charge in [0.1, 0.15) is 12.3 Å². The fourth-order valence-electron chi connectivity index (χ4n) is 2.46. The summed E-state index contributed by atoms with van der Waals surface area (Å²) in [5, 5.41) is 4.59. The molecular formula is C18H18N2O5S. The van der Waals surface area contributed by atoms with Crippen LogP contribution in [0.3, 0.4) is 0 Å². The highest BCUT2D eigenvalue weighted by Gasteiger charge is 2.25. The molecule has 136 valence electrons. The quantitative estimate of drug-likeness (QED) is 0.779. The maximum absolute atomic E-state index is 12.2. The standard InChI is InChI=1S/C18H18N2O5S/c21-16(19-10-13-4-3-9-26-13)12-25-18(23)11-20-14-5-1-2-6-15(14)24-8-7-17(20)22/h1-6,9H,7-8,10-12H2,(H,19,21). The molecule has 0 unspecified atom stereocenters. The molecule has 26 heavy (non-hydrogen) atoms. The van der Waals surface area contributed by atoms with Crippen LogP contribution in [0.15, 0.2) is 41.8 Å². The molecule has 1 aliphatic rings. The Morgan fingerprint density at radius 2 is 2.08 bits per heavy atom. The summed E-state index contributed by atoms with van der Waals surface area (Å²) < 4.78 is 10.5. The Morgan fingerprint density at radius 1 is 1.23 bits per heavy atom. The summed E-state index contributed by atoms with van der Waals surface area (Å²) in [5.41, 5.74) is 0.522. The maximum Gasteiger partial charge on any atom is 0.326 e. The Hall–Kier alpha value is -2.87. The molecule has 1 aromatic carbocycles. The summed E-state index contributed by atoms with van der Waals surface area (Å²) in [6.45, 7) is -0.00229. The van der Waals surface area contributed by atoms with Gasteiger partial charge in [-0.25, -0.2) is 0 Å². The summed E-state index contributed by atoms with van der Waals surface area (Å²) in [4.78, 5) is 38.4. The minimum atomic E-state index is -0.652. The zero-order chi connectivity index (χ0) is 18.4. The summed E-state index contributed by atoms with van der Waals surface area (Å²) >= 11 is 1.53. The Morgan fingerprint density at radius 3 is 2.88 bits per heavy atom. The van der Waals surface area contributed by atoms with Crippen LogP contribution in [0.25, 0.3) is 0 Å². The molecule has 0 atom stereocenters. The summed E-state index contributed by atoms with van der Waals surface area (Å²) in [6, 6.07) is 10.8. The molecular weight excluding hydrogens is 356 g/mol. The number of ether oxygens (including phenoxy) is 2. The third kappa shape index (κ3) is 4.60. The fourth-order valence-corrected chi connectivity index (χ4v) is 3.11. The normalized spacial score (nSPS) is 13.4. The molecule has 7 nitrogen and oxygen atoms in total. The van der Waals surface area contributed by atoms with Crippen LogP contribution in [0.2, 0.25) is 0 Å². The second-order valence-electron chi connectivity index (χ2n) is 5.56. The molecule has 2 heterocycles. The highest BCUT2D eigenvalue weighted by atomic mass is 32.1. The van der Waals surface area contributed by atoms with Crippen molar-refractivity contribution in [1.29, 1.82) is 0 Å². The molecule has 8 heteroatoms. The van der Waals surface area contributed by atoms with Crippen molar-refractivity contribution < 1.29 is 23.9 Å². The number of para-hydroxylation sites is 2. The molecule has 1 aromatic heterocycles. The van der Waals surface area contributed by atoms with Crippen LogP contribution in [-0.2, 0) is 25.7 Å². The van der Waals surface area contributed by atoms with E-state index in [0.717, 1.165) is 4.88 Å². The van der Waals surface area contributed by atoms with Gasteiger partial charge in [-0.2, -0.15) is 0 Å². The van der Waals surface area contributed by atoms with Gasteiger partial charge in [0.2, 0.25) is 5.91 Å². The second kappa shape index (κ2) is 8.48. The topological polar surface area (TPSA) is 84.9 Å². The first-order chi connectivity index (χ1) is 12.6. The first-order valence-electron chi connectivity index (χ1n) is 8.10. The number of carbonyl (C=O) groups excluding carboxylic acids is 3. The van der Waals surface area contributed by atoms with Crippen molar-refractivity contribution >= 4 is 34.8 Å². The predicted molar refractivity (Wildman–Crippen MR) is 96.0 cm³/mol. The van der Waals surface area contributed by atoms with Gasteiger partial charge in [0.05, 0.1) is 25.3 Å². The monoisotopic (exact) mass is 374 g/mol. The number of rotatable bonds is 6. The largest absolute Gasteiger partial charge is 0.491 e. The number of nitrogens with one attached hydrogen (secondary N) is 1. The van der Waals surface area contributed by atoms with E-state index in [-0.39, 0.29) is 32.1 Å². The van der Waals surface area contributed by atoms with E-state index in [1.165, 1.54) is 16.2 Å². The van der Waals surface area contributed by atoms with Gasteiger partial charge in [-0.05, 0) is 23.6 Å². The molecule has 0 bridgehead atoms. The second-order valence-corrected chi connectivity index (χ2v) is 6.60. The molecule has 0 spiro atoms. The van der Waals surface area contributed by atoms with Crippen molar-refractivity contribution in [3.63, 3.8) is 0 Å². The lowest BCUT2D eigenvalue weighted by atomic mass is 10.2. The lowest BCUT2D eigenvalue weighted by Crippen LogP contribution is -2.37. The molecule has 1 aliphatic heterocycles. The lowest BCUT2D eigenvalue weighted by molar-refractivity contribution is -0.147. The third-order valence-electron chi connectivity index (χ3n) is 3.72. The number of anilines is 1. The molecule has 2 aromatic rings. The van der Waals surface area contributed by atoms with E-state index >= 15 is 0 Å². The minimum absolute atomic E-state index is 0.170. The van der Waals surface area contributed by atoms with Gasteiger partial charge < -0.3 is 14.8 Å². The fraction of sp³-hybridized carbons (Fsp3) is 0.278. The van der Waals surface area contributed by atoms with Crippen molar-refractivity contribution in [2.75, 3.05) is 24.7 Å². The number of benzene rings is 1. The number of hydrogen-bond acceptors (Lipinski definition) is 6. The highest BCUT2D eigenvalue weighted by molar-refractivity contribution is 7.09. The molecule has 0 saturated carbocycles. The van der Waals surface area contributed by atoms with Crippen LogP contribution in [0, 0.1) is 0 Å². The van der Waals surface area contributed by atoms with Gasteiger partial charge in [0, 0.05) is 4.88 Å². The summed E-state index contributed by atoms with van der Waals surface area (Å²) in [5.74, 6) is -0.729. The van der Waals surface area contributed by atoms with E-state index in [2.05, 4.69) is 5.32 Å². The smallest absolute Gasteiger partial charge is 0.326 e. The first-order valence-corrected chi connectivity index (χ1v) is 8.98. The average Bonchev–Trinajstić information content (AvgIpc) is 3.11. The van der Waals surface area contributed by atoms with Gasteiger partial charge in [0.25, 0.3) is 5.91 Å². The molecule has 3 rings (SSSR count). The van der Waals surface area contributed by atoms with Crippen LogP contribution in [0.4, 0.5) is 5.69 Å². The molecule has 0 aliphatic carbocycles. The average molecular weight is 374 g/mol. The number of esters is 1. The van der Waals surface area contributed by atoms with Crippen molar-refractivity contribution in [3.05, 3.63) is 46.7 Å². The van der Waals surface area contributed by atoms with Crippen molar-refractivity contribution in [2.24, 2.45) is 0 Å². The molecule has 1 N–H and O–H groups in total. The van der Waals surface area contributed by atoms with E-state index in [1.54, 1.807) is 24.3 Å². The third-order valence-corrected chi connectivity index (χ3v) is 4.60. The zero-order valence-corrected chi connectivity index (χ0v) is 14.8. The van der Waals surface area contributed by atoms with Gasteiger partial charge in [-0.3, -0.25) is 19.3 Å². The molecule has 0 fully saturated rings. The number of hydrogen-bond donors (Lipinski definition) is 1. The van der Waals surface area contributed by atoms with Crippen LogP contribution in [0.1, 0.15) is 11.3 Å². The Labute approximate surface area is 154 Å². The summed E-state index contributed by atoms with van der Waals surface area (Å²) in [7, 11) is 0. The number of carbonyl (C=O) groups is 3. The van der Waals surface area contributed by atoms with E-state index in [0.29, 0.717) is 18.0 Å². The van der Waals surface area contributed by atoms with Crippen molar-refractivity contribution in [2.45, 2.75) is 13.0 Å². The van der Waals surface area contributed by atoms with Crippen LogP contribution in [-0.4, -0.2) is 37.5 Å². The van der Waals surface area contributed by atoms with Crippen LogP contribution >= 0.6 is 11.3 Å². The molecule has 2 amide bonds. The number of fused-ring (bicyclic) bond motifs is 1. The van der Waals surface area contributed by atoms with Gasteiger partial charge >= 0.3 is 5.97 Å². The summed E-state index contributed by atoms with van der Waals surface area (Å²) in [6.07, 6.45) is 0.170. The maximum atomic E-state index is 12.2. The van der Waals surface area contributed by atoms with Crippen molar-refractivity contribution in [1.82, 2.24) is 5.32 Å². The number of amides is 2. The van der Waals surface area contributed by atoms with E-state index in [1.807, 2.05) is 17.5 Å². The van der Waals surface area contributed by atoms with E-state index < -0.39 is 11.9 Å². The van der Waals surface area contributed by atoms with E-state index in [4.69, 9.17) is 9.47 Å². The van der Waals surface area contributed by atoms with Crippen LogP contribution < -0.4 is 15.0 Å². The first kappa shape index (κ1) is 17.9. The van der Waals surface area contributed by atoms with E-state index in [9.17, 15) is 14.4 Å². The highest BCUT2D eigenvalue weighted by Crippen LogP contribution is 2.30.